The summed E-state index contributed by atoms with van der Waals surface area (Å²) in [5.74, 6) is 0.237. The number of rotatable bonds is 5. The van der Waals surface area contributed by atoms with E-state index < -0.39 is 0 Å². The molecule has 0 aliphatic heterocycles. The first-order valence-electron chi connectivity index (χ1n) is 9.76. The molecule has 156 valence electrons. The van der Waals surface area contributed by atoms with Crippen LogP contribution in [0.2, 0.25) is 5.02 Å². The summed E-state index contributed by atoms with van der Waals surface area (Å²) in [4.78, 5) is 29.9. The smallest absolute Gasteiger partial charge is 0.289 e. The van der Waals surface area contributed by atoms with E-state index in [1.807, 2.05) is 38.1 Å². The Morgan fingerprint density at radius 1 is 1.10 bits per heavy atom. The van der Waals surface area contributed by atoms with E-state index in [4.69, 9.17) is 17.3 Å². The quantitative estimate of drug-likeness (QED) is 0.496. The Balaban J connectivity index is 1.48. The molecule has 0 fully saturated rings. The maximum atomic E-state index is 12.6. The lowest BCUT2D eigenvalue weighted by atomic mass is 10.1. The van der Waals surface area contributed by atoms with Gasteiger partial charge in [-0.05, 0) is 66.9 Å². The van der Waals surface area contributed by atoms with Crippen LogP contribution in [-0.4, -0.2) is 25.8 Å². The third-order valence-electron chi connectivity index (χ3n) is 5.00. The Kier molecular flexibility index (Phi) is 5.77. The number of benzene rings is 1. The minimum atomic E-state index is -0.346. The molecule has 0 aliphatic carbocycles. The number of hydrogen-bond acceptors (Lipinski definition) is 6. The van der Waals surface area contributed by atoms with Crippen LogP contribution in [0.25, 0.3) is 10.9 Å². The van der Waals surface area contributed by atoms with Crippen molar-refractivity contribution >= 4 is 34.2 Å². The molecule has 3 heterocycles. The summed E-state index contributed by atoms with van der Waals surface area (Å²) in [6, 6.07) is 11.2. The first-order valence-corrected chi connectivity index (χ1v) is 10.1. The van der Waals surface area contributed by atoms with Crippen LogP contribution in [-0.2, 0) is 13.0 Å². The second-order valence-corrected chi connectivity index (χ2v) is 7.78. The van der Waals surface area contributed by atoms with Crippen molar-refractivity contribution in [3.05, 3.63) is 87.7 Å². The number of amides is 1. The molecule has 4 rings (SSSR count). The Labute approximate surface area is 184 Å². The van der Waals surface area contributed by atoms with Crippen molar-refractivity contribution in [2.45, 2.75) is 26.8 Å². The van der Waals surface area contributed by atoms with Crippen LogP contribution in [0.3, 0.4) is 0 Å². The van der Waals surface area contributed by atoms with E-state index in [1.54, 1.807) is 24.5 Å². The van der Waals surface area contributed by atoms with Gasteiger partial charge in [-0.2, -0.15) is 0 Å². The maximum Gasteiger partial charge on any atom is 0.289 e. The second-order valence-electron chi connectivity index (χ2n) is 7.34. The summed E-state index contributed by atoms with van der Waals surface area (Å²) in [6.45, 7) is 4.13. The highest BCUT2D eigenvalue weighted by molar-refractivity contribution is 6.31. The predicted octanol–water partition coefficient (Wildman–Crippen LogP) is 3.79. The van der Waals surface area contributed by atoms with Gasteiger partial charge in [0.15, 0.2) is 0 Å². The van der Waals surface area contributed by atoms with Crippen LogP contribution in [0.1, 0.15) is 38.7 Å². The summed E-state index contributed by atoms with van der Waals surface area (Å²) >= 11 is 6.09. The van der Waals surface area contributed by atoms with E-state index in [2.05, 4.69) is 25.3 Å². The van der Waals surface area contributed by atoms with Crippen molar-refractivity contribution < 1.29 is 4.79 Å². The average molecular weight is 433 g/mol. The van der Waals surface area contributed by atoms with Gasteiger partial charge in [-0.15, -0.1) is 0 Å². The van der Waals surface area contributed by atoms with Gasteiger partial charge >= 0.3 is 0 Å². The number of carbonyl (C=O) groups excluding carboxylic acids is 1. The first-order chi connectivity index (χ1) is 14.9. The van der Waals surface area contributed by atoms with E-state index >= 15 is 0 Å². The molecule has 0 radical (unpaired) electrons. The molecule has 0 spiro atoms. The summed E-state index contributed by atoms with van der Waals surface area (Å²) in [7, 11) is 0. The topological polar surface area (TPSA) is 107 Å². The molecule has 0 unspecified atom stereocenters. The molecule has 0 atom stereocenters. The van der Waals surface area contributed by atoms with Gasteiger partial charge < -0.3 is 11.1 Å². The Morgan fingerprint density at radius 2 is 1.94 bits per heavy atom. The van der Waals surface area contributed by atoms with Gasteiger partial charge in [-0.1, -0.05) is 11.6 Å². The summed E-state index contributed by atoms with van der Waals surface area (Å²) in [5.41, 5.74) is 11.0. The van der Waals surface area contributed by atoms with Gasteiger partial charge in [0.25, 0.3) is 5.91 Å². The highest BCUT2D eigenvalue weighted by Gasteiger charge is 2.13. The number of nitrogen functional groups attached to an aromatic ring is 1. The van der Waals surface area contributed by atoms with Crippen molar-refractivity contribution in [1.29, 1.82) is 0 Å². The minimum Gasteiger partial charge on any atom is -0.384 e. The van der Waals surface area contributed by atoms with Crippen LogP contribution in [0, 0.1) is 13.8 Å². The van der Waals surface area contributed by atoms with Gasteiger partial charge in [-0.25, -0.2) is 15.0 Å². The third-order valence-corrected chi connectivity index (χ3v) is 5.24. The molecule has 1 amide bonds. The number of aryl methyl sites for hydroxylation is 2. The lowest BCUT2D eigenvalue weighted by molar-refractivity contribution is 0.0940. The zero-order chi connectivity index (χ0) is 22.0. The number of nitrogens with zero attached hydrogens (tertiary/aromatic N) is 4. The average Bonchev–Trinajstić information content (AvgIpc) is 2.72. The van der Waals surface area contributed by atoms with Crippen LogP contribution >= 0.6 is 11.6 Å². The van der Waals surface area contributed by atoms with Crippen LogP contribution in [0.5, 0.6) is 0 Å². The molecular formula is C23H21ClN6O. The van der Waals surface area contributed by atoms with Crippen LogP contribution in [0.4, 0.5) is 5.82 Å². The standard InChI is InChI=1S/C23H21ClN6O/c1-13-7-21(25)29-14(2)19(13)12-28-23(31)22-26-6-5-18(30-22)9-15-8-16-10-17(24)3-4-20(16)27-11-15/h3-8,10-11H,9,12H2,1-2H3,(H2,25,29)(H,28,31). The van der Waals surface area contributed by atoms with Crippen molar-refractivity contribution in [1.82, 2.24) is 25.3 Å². The van der Waals surface area contributed by atoms with Gasteiger partial charge in [0.2, 0.25) is 5.82 Å². The molecule has 0 bridgehead atoms. The molecular weight excluding hydrogens is 412 g/mol. The molecule has 7 nitrogen and oxygen atoms in total. The number of nitrogens with two attached hydrogens (primary N) is 1. The van der Waals surface area contributed by atoms with E-state index in [0.29, 0.717) is 23.8 Å². The Morgan fingerprint density at radius 3 is 2.74 bits per heavy atom. The van der Waals surface area contributed by atoms with E-state index in [-0.39, 0.29) is 11.7 Å². The summed E-state index contributed by atoms with van der Waals surface area (Å²) in [6.07, 6.45) is 3.92. The molecule has 0 saturated heterocycles. The second kappa shape index (κ2) is 8.65. The van der Waals surface area contributed by atoms with E-state index in [0.717, 1.165) is 39.0 Å². The molecule has 4 aromatic rings. The molecule has 1 aromatic carbocycles. The van der Waals surface area contributed by atoms with Crippen LogP contribution < -0.4 is 11.1 Å². The number of nitrogens with one attached hydrogen (secondary N) is 1. The number of aromatic nitrogens is 4. The fraction of sp³-hybridized carbons (Fsp3) is 0.174. The zero-order valence-corrected chi connectivity index (χ0v) is 17.9. The zero-order valence-electron chi connectivity index (χ0n) is 17.2. The Hall–Kier alpha value is -3.58. The monoisotopic (exact) mass is 432 g/mol. The van der Waals surface area contributed by atoms with Crippen molar-refractivity contribution in [3.8, 4) is 0 Å². The fourth-order valence-electron chi connectivity index (χ4n) is 3.46. The van der Waals surface area contributed by atoms with Crippen molar-refractivity contribution in [2.24, 2.45) is 0 Å². The number of pyridine rings is 2. The molecule has 8 heteroatoms. The molecule has 31 heavy (non-hydrogen) atoms. The highest BCUT2D eigenvalue weighted by atomic mass is 35.5. The Bertz CT molecular complexity index is 1270. The van der Waals surface area contributed by atoms with Crippen molar-refractivity contribution in [3.63, 3.8) is 0 Å². The molecule has 0 saturated carbocycles. The lowest BCUT2D eigenvalue weighted by Crippen LogP contribution is -2.26. The van der Waals surface area contributed by atoms with Crippen molar-refractivity contribution in [2.75, 3.05) is 5.73 Å². The van der Waals surface area contributed by atoms with Crippen LogP contribution in [0.15, 0.2) is 48.8 Å². The normalized spacial score (nSPS) is 10.9. The van der Waals surface area contributed by atoms with Gasteiger partial charge in [0.1, 0.15) is 5.82 Å². The lowest BCUT2D eigenvalue weighted by Gasteiger charge is -2.11. The molecule has 3 N–H and O–H groups in total. The maximum absolute atomic E-state index is 12.6. The number of fused-ring (bicyclic) bond motifs is 1. The third kappa shape index (κ3) is 4.78. The van der Waals surface area contributed by atoms with Gasteiger partial charge in [-0.3, -0.25) is 9.78 Å². The number of halogens is 1. The number of anilines is 1. The molecule has 0 aliphatic rings. The largest absolute Gasteiger partial charge is 0.384 e. The first kappa shape index (κ1) is 20.7. The number of hydrogen-bond donors (Lipinski definition) is 2. The van der Waals surface area contributed by atoms with Gasteiger partial charge in [0.05, 0.1) is 5.52 Å². The fourth-order valence-corrected chi connectivity index (χ4v) is 3.64. The summed E-state index contributed by atoms with van der Waals surface area (Å²) in [5, 5.41) is 4.49. The highest BCUT2D eigenvalue weighted by Crippen LogP contribution is 2.20. The van der Waals surface area contributed by atoms with E-state index in [9.17, 15) is 4.79 Å². The van der Waals surface area contributed by atoms with Gasteiger partial charge in [0, 0.05) is 47.2 Å². The molecule has 3 aromatic heterocycles. The van der Waals surface area contributed by atoms with E-state index in [1.165, 1.54) is 0 Å². The predicted molar refractivity (Wildman–Crippen MR) is 121 cm³/mol. The minimum absolute atomic E-state index is 0.119. The summed E-state index contributed by atoms with van der Waals surface area (Å²) < 4.78 is 0. The number of carbonyl (C=O) groups is 1. The SMILES string of the molecule is Cc1cc(N)nc(C)c1CNC(=O)c1nccc(Cc2cnc3ccc(Cl)cc3c2)n1.